The molecule has 3 aromatic carbocycles. The average Bonchev–Trinajstić information content (AvgIpc) is 3.39. The smallest absolute Gasteiger partial charge is 0.123 e. The van der Waals surface area contributed by atoms with Crippen molar-refractivity contribution in [1.82, 2.24) is 19.3 Å². The first-order chi connectivity index (χ1) is 15.5. The van der Waals surface area contributed by atoms with Gasteiger partial charge in [-0.1, -0.05) is 18.2 Å². The zero-order chi connectivity index (χ0) is 22.2. The van der Waals surface area contributed by atoms with Crippen molar-refractivity contribution < 1.29 is 13.2 Å². The molecule has 1 unspecified atom stereocenters. The van der Waals surface area contributed by atoms with Gasteiger partial charge < -0.3 is 9.27 Å². The maximum Gasteiger partial charge on any atom is 0.123 e. The van der Waals surface area contributed by atoms with Crippen molar-refractivity contribution in [2.24, 2.45) is 7.05 Å². The van der Waals surface area contributed by atoms with Crippen molar-refractivity contribution in [3.8, 4) is 27.9 Å². The number of hydrogen-bond acceptors (Lipinski definition) is 4. The number of nitrogens with one attached hydrogen (secondary N) is 1. The van der Waals surface area contributed by atoms with Crippen LogP contribution in [0.4, 0.5) is 10.1 Å². The Balaban J connectivity index is 1.62. The molecule has 0 bridgehead atoms. The van der Waals surface area contributed by atoms with Crippen molar-refractivity contribution in [3.05, 3.63) is 85.2 Å². The highest BCUT2D eigenvalue weighted by atomic mass is 32.2. The Labute approximate surface area is 185 Å². The van der Waals surface area contributed by atoms with Gasteiger partial charge in [0.25, 0.3) is 0 Å². The molecule has 32 heavy (non-hydrogen) atoms. The van der Waals surface area contributed by atoms with Gasteiger partial charge >= 0.3 is 0 Å². The summed E-state index contributed by atoms with van der Waals surface area (Å²) in [7, 11) is 1.87. The summed E-state index contributed by atoms with van der Waals surface area (Å²) < 4.78 is 41.9. The summed E-state index contributed by atoms with van der Waals surface area (Å²) in [6.07, 6.45) is 5.43. The van der Waals surface area contributed by atoms with Crippen LogP contribution in [-0.4, -0.2) is 28.1 Å². The van der Waals surface area contributed by atoms with E-state index >= 15 is 0 Å². The van der Waals surface area contributed by atoms with Crippen molar-refractivity contribution in [2.45, 2.75) is 0 Å². The number of nitrogens with zero attached hydrogens (tertiary/aromatic N) is 4. The molecule has 5 rings (SSSR count). The Kier molecular flexibility index (Phi) is 5.04. The van der Waals surface area contributed by atoms with Gasteiger partial charge in [0.2, 0.25) is 0 Å². The number of hydrogen-bond donors (Lipinski definition) is 1. The fourth-order valence-corrected chi connectivity index (χ4v) is 3.99. The lowest BCUT2D eigenvalue weighted by molar-refractivity contribution is 0.542. The van der Waals surface area contributed by atoms with Crippen molar-refractivity contribution >= 4 is 28.0 Å². The molecule has 0 aliphatic heterocycles. The molecule has 2 aromatic heterocycles. The van der Waals surface area contributed by atoms with Gasteiger partial charge in [0.15, 0.2) is 0 Å². The van der Waals surface area contributed by atoms with E-state index in [0.29, 0.717) is 5.69 Å². The van der Waals surface area contributed by atoms with E-state index in [1.807, 2.05) is 42.1 Å². The van der Waals surface area contributed by atoms with Crippen LogP contribution in [0.15, 0.2) is 79.4 Å². The van der Waals surface area contributed by atoms with E-state index < -0.39 is 11.3 Å². The van der Waals surface area contributed by atoms with Gasteiger partial charge in [-0.15, -0.1) is 0 Å². The third-order valence-electron chi connectivity index (χ3n) is 5.16. The molecule has 1 N–H and O–H groups in total. The van der Waals surface area contributed by atoms with Crippen molar-refractivity contribution in [1.29, 1.82) is 0 Å². The predicted octanol–water partition coefficient (Wildman–Crippen LogP) is 4.44. The summed E-state index contributed by atoms with van der Waals surface area (Å²) in [5.41, 5.74) is 6.26. The molecule has 1 atom stereocenters. The highest BCUT2D eigenvalue weighted by Gasteiger charge is 2.11. The van der Waals surface area contributed by atoms with E-state index in [0.717, 1.165) is 39.0 Å². The molecule has 0 saturated heterocycles. The van der Waals surface area contributed by atoms with Gasteiger partial charge in [-0.25, -0.2) is 9.37 Å². The first-order valence-electron chi connectivity index (χ1n) is 9.70. The molecule has 0 amide bonds. The molecular weight excluding hydrogens is 429 g/mol. The highest BCUT2D eigenvalue weighted by Crippen LogP contribution is 2.30. The monoisotopic (exact) mass is 446 g/mol. The molecule has 5 aromatic rings. The number of anilines is 1. The summed E-state index contributed by atoms with van der Waals surface area (Å²) in [5, 5.41) is 4.21. The summed E-state index contributed by atoms with van der Waals surface area (Å²) in [6, 6.07) is 17.3. The van der Waals surface area contributed by atoms with E-state index in [2.05, 4.69) is 14.8 Å². The first-order valence-corrected chi connectivity index (χ1v) is 10.8. The molecule has 0 saturated carbocycles. The lowest BCUT2D eigenvalue weighted by Crippen LogP contribution is -2.03. The van der Waals surface area contributed by atoms with Gasteiger partial charge in [-0.3, -0.25) is 13.5 Å². The Morgan fingerprint density at radius 3 is 2.47 bits per heavy atom. The molecule has 0 fully saturated rings. The molecule has 9 heteroatoms. The molecule has 7 nitrogen and oxygen atoms in total. The van der Waals surface area contributed by atoms with E-state index in [9.17, 15) is 13.2 Å². The summed E-state index contributed by atoms with van der Waals surface area (Å²) in [5.74, 6) is -0.339. The predicted molar refractivity (Wildman–Crippen MR) is 121 cm³/mol. The topological polar surface area (TPSA) is 87.8 Å². The van der Waals surface area contributed by atoms with Gasteiger partial charge in [0.05, 0.1) is 17.2 Å². The van der Waals surface area contributed by atoms with Crippen LogP contribution >= 0.6 is 0 Å². The fourth-order valence-electron chi connectivity index (χ4n) is 3.68. The van der Waals surface area contributed by atoms with Gasteiger partial charge in [-0.05, 0) is 59.2 Å². The van der Waals surface area contributed by atoms with Crippen LogP contribution in [0.1, 0.15) is 0 Å². The number of benzene rings is 3. The number of fused-ring (bicyclic) bond motifs is 1. The molecule has 2 heterocycles. The SMILES string of the molecule is Cn1cc(-c2ccc3c(c2)ncn3-c2cc(NS(=O)[O-])cc(-c3ccc(F)cc3)c2)cn1. The van der Waals surface area contributed by atoms with Crippen LogP contribution < -0.4 is 4.72 Å². The lowest BCUT2D eigenvalue weighted by Gasteiger charge is -2.14. The number of imidazole rings is 1. The average molecular weight is 446 g/mol. The van der Waals surface area contributed by atoms with Crippen LogP contribution in [0.25, 0.3) is 39.0 Å². The van der Waals surface area contributed by atoms with Crippen LogP contribution in [0.2, 0.25) is 0 Å². The van der Waals surface area contributed by atoms with Crippen LogP contribution in [-0.2, 0) is 18.3 Å². The summed E-state index contributed by atoms with van der Waals surface area (Å²) in [4.78, 5) is 4.54. The van der Waals surface area contributed by atoms with Crippen LogP contribution in [0.5, 0.6) is 0 Å². The largest absolute Gasteiger partial charge is 0.755 e. The Morgan fingerprint density at radius 1 is 0.969 bits per heavy atom. The fraction of sp³-hybridized carbons (Fsp3) is 0.0435. The number of rotatable bonds is 5. The molecule has 160 valence electrons. The Bertz CT molecular complexity index is 1460. The summed E-state index contributed by atoms with van der Waals surface area (Å²) >= 11 is -2.48. The number of halogens is 1. The maximum atomic E-state index is 13.4. The second-order valence-corrected chi connectivity index (χ2v) is 8.01. The molecule has 0 aliphatic carbocycles. The van der Waals surface area contributed by atoms with E-state index in [-0.39, 0.29) is 5.82 Å². The van der Waals surface area contributed by atoms with E-state index in [1.165, 1.54) is 12.1 Å². The van der Waals surface area contributed by atoms with E-state index in [4.69, 9.17) is 0 Å². The van der Waals surface area contributed by atoms with E-state index in [1.54, 1.807) is 41.5 Å². The highest BCUT2D eigenvalue weighted by molar-refractivity contribution is 7.80. The molecule has 0 aliphatic rings. The van der Waals surface area contributed by atoms with Crippen LogP contribution in [0, 0.1) is 5.82 Å². The van der Waals surface area contributed by atoms with Crippen LogP contribution in [0.3, 0.4) is 0 Å². The lowest BCUT2D eigenvalue weighted by atomic mass is 10.0. The maximum absolute atomic E-state index is 13.4. The molecule has 0 spiro atoms. The van der Waals surface area contributed by atoms with Crippen molar-refractivity contribution in [2.75, 3.05) is 4.72 Å². The van der Waals surface area contributed by atoms with Gasteiger partial charge in [-0.2, -0.15) is 5.10 Å². The summed E-state index contributed by atoms with van der Waals surface area (Å²) in [6.45, 7) is 0. The Hall–Kier alpha value is -3.82. The quantitative estimate of drug-likeness (QED) is 0.405. The first kappa shape index (κ1) is 20.1. The molecular formula is C23H17FN5O2S-. The normalized spacial score (nSPS) is 12.2. The zero-order valence-corrected chi connectivity index (χ0v) is 17.7. The minimum absolute atomic E-state index is 0.339. The van der Waals surface area contributed by atoms with Crippen molar-refractivity contribution in [3.63, 3.8) is 0 Å². The second kappa shape index (κ2) is 8.03. The third kappa shape index (κ3) is 3.91. The zero-order valence-electron chi connectivity index (χ0n) is 16.9. The minimum atomic E-state index is -2.48. The number of aromatic nitrogens is 4. The standard InChI is InChI=1S/C23H18FN5O2S/c1-28-13-18(12-26-28)16-4-7-23-22(10-16)25-14-29(23)21-9-17(8-20(11-21)27-32(30)31)15-2-5-19(24)6-3-15/h2-14,27H,1H3,(H,30,31)/p-1. The number of aryl methyl sites for hydroxylation is 1. The Morgan fingerprint density at radius 2 is 1.75 bits per heavy atom. The third-order valence-corrected chi connectivity index (χ3v) is 5.56. The van der Waals surface area contributed by atoms with Gasteiger partial charge in [0, 0.05) is 41.4 Å². The minimum Gasteiger partial charge on any atom is -0.755 e. The second-order valence-electron chi connectivity index (χ2n) is 7.33. The molecule has 0 radical (unpaired) electrons. The van der Waals surface area contributed by atoms with Gasteiger partial charge in [0.1, 0.15) is 12.1 Å².